The number of aromatic carboxylic acids is 1. The van der Waals surface area contributed by atoms with E-state index in [4.69, 9.17) is 5.73 Å². The minimum Gasteiger partial charge on any atom is -0.478 e. The molecule has 2 rings (SSSR count). The van der Waals surface area contributed by atoms with Crippen LogP contribution in [-0.4, -0.2) is 40.3 Å². The average Bonchev–Trinajstić information content (AvgIpc) is 2.47. The number of hydrogen-bond acceptors (Lipinski definition) is 4. The number of nitrogen functional groups attached to an aromatic ring is 1. The van der Waals surface area contributed by atoms with Crippen LogP contribution < -0.4 is 5.73 Å². The minimum atomic E-state index is -0.990. The van der Waals surface area contributed by atoms with Crippen LogP contribution in [0.25, 0.3) is 0 Å². The van der Waals surface area contributed by atoms with Crippen molar-refractivity contribution in [1.82, 2.24) is 4.90 Å². The van der Waals surface area contributed by atoms with Crippen LogP contribution in [0.1, 0.15) is 48.0 Å². The number of aliphatic hydroxyl groups is 1. The van der Waals surface area contributed by atoms with Gasteiger partial charge in [-0.3, -0.25) is 4.90 Å². The van der Waals surface area contributed by atoms with Crippen molar-refractivity contribution in [3.05, 3.63) is 29.3 Å². The molecule has 5 nitrogen and oxygen atoms in total. The number of hydrogen-bond donors (Lipinski definition) is 3. The first-order chi connectivity index (χ1) is 10.1. The first-order valence-electron chi connectivity index (χ1n) is 7.59. The van der Waals surface area contributed by atoms with Gasteiger partial charge in [0, 0.05) is 24.8 Å². The molecule has 1 aromatic carbocycles. The Hall–Kier alpha value is -1.59. The zero-order chi connectivity index (χ0) is 15.2. The molecule has 21 heavy (non-hydrogen) atoms. The number of carboxylic acid groups (broad SMARTS) is 1. The van der Waals surface area contributed by atoms with E-state index in [9.17, 15) is 15.0 Å². The topological polar surface area (TPSA) is 86.8 Å². The quantitative estimate of drug-likeness (QED) is 0.699. The summed E-state index contributed by atoms with van der Waals surface area (Å²) in [6.07, 6.45) is 5.90. The van der Waals surface area contributed by atoms with Gasteiger partial charge in [0.2, 0.25) is 0 Å². The van der Waals surface area contributed by atoms with Gasteiger partial charge in [-0.2, -0.15) is 0 Å². The van der Waals surface area contributed by atoms with Gasteiger partial charge in [0.1, 0.15) is 0 Å². The Morgan fingerprint density at radius 1 is 1.29 bits per heavy atom. The van der Waals surface area contributed by atoms with Crippen molar-refractivity contribution in [2.45, 2.75) is 44.7 Å². The summed E-state index contributed by atoms with van der Waals surface area (Å²) in [6.45, 7) is 1.18. The first-order valence-corrected chi connectivity index (χ1v) is 7.59. The lowest BCUT2D eigenvalue weighted by atomic mass is 9.93. The second-order valence-electron chi connectivity index (χ2n) is 5.67. The highest BCUT2D eigenvalue weighted by molar-refractivity contribution is 5.95. The van der Waals surface area contributed by atoms with Gasteiger partial charge in [0.05, 0.1) is 12.2 Å². The summed E-state index contributed by atoms with van der Waals surface area (Å²) in [7, 11) is 0. The summed E-state index contributed by atoms with van der Waals surface area (Å²) in [5, 5.41) is 18.6. The van der Waals surface area contributed by atoms with Crippen molar-refractivity contribution in [1.29, 1.82) is 0 Å². The van der Waals surface area contributed by atoms with E-state index in [1.165, 1.54) is 19.3 Å². The van der Waals surface area contributed by atoms with Gasteiger partial charge in [-0.25, -0.2) is 4.79 Å². The maximum absolute atomic E-state index is 11.4. The molecular formula is C16H24N2O3. The fourth-order valence-corrected chi connectivity index (χ4v) is 3.20. The van der Waals surface area contributed by atoms with Crippen molar-refractivity contribution in [2.75, 3.05) is 18.9 Å². The average molecular weight is 292 g/mol. The van der Waals surface area contributed by atoms with E-state index in [1.54, 1.807) is 12.1 Å². The monoisotopic (exact) mass is 292 g/mol. The Balaban J connectivity index is 2.20. The molecule has 0 aliphatic heterocycles. The molecule has 0 aromatic heterocycles. The van der Waals surface area contributed by atoms with Crippen LogP contribution in [0.5, 0.6) is 0 Å². The number of nitrogens with zero attached hydrogens (tertiary/aromatic N) is 1. The normalized spacial score (nSPS) is 16.3. The number of nitrogens with two attached hydrogens (primary N) is 1. The van der Waals surface area contributed by atoms with Crippen molar-refractivity contribution in [2.24, 2.45) is 0 Å². The summed E-state index contributed by atoms with van der Waals surface area (Å²) in [5.41, 5.74) is 7.02. The SMILES string of the molecule is Nc1cccc(CN(CCO)C2CCCCC2)c1C(=O)O. The molecule has 1 saturated carbocycles. The number of aliphatic hydroxyl groups excluding tert-OH is 1. The van der Waals surface area contributed by atoms with Crippen LogP contribution in [0.4, 0.5) is 5.69 Å². The predicted octanol–water partition coefficient (Wildman–Crippen LogP) is 2.09. The number of rotatable bonds is 6. The molecule has 0 saturated heterocycles. The number of benzene rings is 1. The smallest absolute Gasteiger partial charge is 0.338 e. The first kappa shape index (κ1) is 15.8. The lowest BCUT2D eigenvalue weighted by Crippen LogP contribution is -2.38. The van der Waals surface area contributed by atoms with Crippen molar-refractivity contribution >= 4 is 11.7 Å². The molecule has 0 radical (unpaired) electrons. The van der Waals surface area contributed by atoms with Crippen LogP contribution in [0.2, 0.25) is 0 Å². The Morgan fingerprint density at radius 2 is 2.00 bits per heavy atom. The molecule has 1 aliphatic carbocycles. The van der Waals surface area contributed by atoms with Crippen molar-refractivity contribution < 1.29 is 15.0 Å². The highest BCUT2D eigenvalue weighted by Gasteiger charge is 2.23. The maximum Gasteiger partial charge on any atom is 0.338 e. The molecule has 0 heterocycles. The Bertz CT molecular complexity index is 484. The lowest BCUT2D eigenvalue weighted by Gasteiger charge is -2.34. The number of carbonyl (C=O) groups is 1. The van der Waals surface area contributed by atoms with Crippen LogP contribution >= 0.6 is 0 Å². The highest BCUT2D eigenvalue weighted by Crippen LogP contribution is 2.26. The highest BCUT2D eigenvalue weighted by atomic mass is 16.4. The second-order valence-corrected chi connectivity index (χ2v) is 5.67. The largest absolute Gasteiger partial charge is 0.478 e. The van der Waals surface area contributed by atoms with Gasteiger partial charge in [-0.05, 0) is 24.5 Å². The molecule has 1 fully saturated rings. The van der Waals surface area contributed by atoms with Crippen LogP contribution in [0.15, 0.2) is 18.2 Å². The standard InChI is InChI=1S/C16H24N2O3/c17-14-8-4-5-12(15(14)16(20)21)11-18(9-10-19)13-6-2-1-3-7-13/h4-5,8,13,19H,1-3,6-7,9-11,17H2,(H,20,21). The molecule has 1 aliphatic rings. The van der Waals surface area contributed by atoms with Crippen molar-refractivity contribution in [3.63, 3.8) is 0 Å². The molecule has 1 aromatic rings. The van der Waals surface area contributed by atoms with Gasteiger partial charge >= 0.3 is 5.97 Å². The van der Waals surface area contributed by atoms with Gasteiger partial charge < -0.3 is 15.9 Å². The number of carboxylic acids is 1. The third-order valence-electron chi connectivity index (χ3n) is 4.25. The molecule has 0 spiro atoms. The zero-order valence-electron chi connectivity index (χ0n) is 12.3. The Kier molecular flexibility index (Phi) is 5.59. The minimum absolute atomic E-state index is 0.0845. The summed E-state index contributed by atoms with van der Waals surface area (Å²) in [4.78, 5) is 13.6. The number of anilines is 1. The zero-order valence-corrected chi connectivity index (χ0v) is 12.3. The molecule has 0 unspecified atom stereocenters. The molecule has 0 atom stereocenters. The molecule has 0 amide bonds. The van der Waals surface area contributed by atoms with E-state index >= 15 is 0 Å². The molecule has 116 valence electrons. The van der Waals surface area contributed by atoms with E-state index in [2.05, 4.69) is 4.90 Å². The third-order valence-corrected chi connectivity index (χ3v) is 4.25. The maximum atomic E-state index is 11.4. The molecule has 4 N–H and O–H groups in total. The fraction of sp³-hybridized carbons (Fsp3) is 0.562. The predicted molar refractivity (Wildman–Crippen MR) is 82.2 cm³/mol. The lowest BCUT2D eigenvalue weighted by molar-refractivity contribution is 0.0693. The van der Waals surface area contributed by atoms with E-state index in [1.807, 2.05) is 6.07 Å². The summed E-state index contributed by atoms with van der Waals surface area (Å²) >= 11 is 0. The molecule has 0 bridgehead atoms. The third kappa shape index (κ3) is 3.95. The fourth-order valence-electron chi connectivity index (χ4n) is 3.20. The summed E-state index contributed by atoms with van der Waals surface area (Å²) in [5.74, 6) is -0.990. The second kappa shape index (κ2) is 7.43. The van der Waals surface area contributed by atoms with E-state index < -0.39 is 5.97 Å². The van der Waals surface area contributed by atoms with E-state index in [-0.39, 0.29) is 12.2 Å². The Labute approximate surface area is 125 Å². The van der Waals surface area contributed by atoms with Gasteiger partial charge in [-0.15, -0.1) is 0 Å². The van der Waals surface area contributed by atoms with Crippen LogP contribution in [0.3, 0.4) is 0 Å². The summed E-state index contributed by atoms with van der Waals surface area (Å²) < 4.78 is 0. The Morgan fingerprint density at radius 3 is 2.62 bits per heavy atom. The molecular weight excluding hydrogens is 268 g/mol. The van der Waals surface area contributed by atoms with E-state index in [0.717, 1.165) is 18.4 Å². The summed E-state index contributed by atoms with van der Waals surface area (Å²) in [6, 6.07) is 5.64. The van der Waals surface area contributed by atoms with Gasteiger partial charge in [0.25, 0.3) is 0 Å². The van der Waals surface area contributed by atoms with E-state index in [0.29, 0.717) is 24.8 Å². The van der Waals surface area contributed by atoms with Crippen molar-refractivity contribution in [3.8, 4) is 0 Å². The van der Waals surface area contributed by atoms with Crippen LogP contribution in [0, 0.1) is 0 Å². The van der Waals surface area contributed by atoms with Crippen LogP contribution in [-0.2, 0) is 6.54 Å². The van der Waals surface area contributed by atoms with Gasteiger partial charge in [-0.1, -0.05) is 31.4 Å². The molecule has 5 heteroatoms. The van der Waals surface area contributed by atoms with Gasteiger partial charge in [0.15, 0.2) is 0 Å².